The third-order valence-corrected chi connectivity index (χ3v) is 5.71. The Morgan fingerprint density at radius 1 is 1.06 bits per heavy atom. The van der Waals surface area contributed by atoms with Gasteiger partial charge < -0.3 is 14.7 Å². The minimum atomic E-state index is 0.0882. The molecule has 0 aliphatic rings. The van der Waals surface area contributed by atoms with Crippen molar-refractivity contribution in [2.45, 2.75) is 19.8 Å². The van der Waals surface area contributed by atoms with Gasteiger partial charge in [-0.05, 0) is 55.3 Å². The number of furan rings is 1. The van der Waals surface area contributed by atoms with Crippen LogP contribution in [0.1, 0.15) is 22.6 Å². The van der Waals surface area contributed by atoms with Gasteiger partial charge in [0.05, 0.1) is 28.7 Å². The molecule has 0 unspecified atom stereocenters. The van der Waals surface area contributed by atoms with Crippen molar-refractivity contribution in [3.63, 3.8) is 0 Å². The number of aryl methyl sites for hydroxylation is 4. The molecule has 0 fully saturated rings. The molecule has 3 N–H and O–H groups in total. The molecule has 32 heavy (non-hydrogen) atoms. The number of nitrogens with zero attached hydrogens (tertiary/aromatic N) is 4. The topological polar surface area (TPSA) is 98.6 Å². The zero-order chi connectivity index (χ0) is 22.2. The maximum atomic E-state index is 7.52. The third kappa shape index (κ3) is 3.58. The lowest BCUT2D eigenvalue weighted by molar-refractivity contribution is 0.577. The Balaban J connectivity index is 1.43. The van der Waals surface area contributed by atoms with E-state index in [9.17, 15) is 0 Å². The summed E-state index contributed by atoms with van der Waals surface area (Å²) in [6.45, 7) is 1.98. The van der Waals surface area contributed by atoms with E-state index >= 15 is 0 Å². The fourth-order valence-corrected chi connectivity index (χ4v) is 4.00. The van der Waals surface area contributed by atoms with Gasteiger partial charge in [0.2, 0.25) is 0 Å². The number of benzene rings is 2. The van der Waals surface area contributed by atoms with Crippen LogP contribution in [-0.2, 0) is 19.9 Å². The Kier molecular flexibility index (Phi) is 4.86. The summed E-state index contributed by atoms with van der Waals surface area (Å²) in [5.41, 5.74) is 12.3. The summed E-state index contributed by atoms with van der Waals surface area (Å²) >= 11 is 0. The smallest absolute Gasteiger partial charge is 0.152 e. The van der Waals surface area contributed by atoms with E-state index in [0.29, 0.717) is 0 Å². The van der Waals surface area contributed by atoms with Crippen molar-refractivity contribution < 1.29 is 4.42 Å². The van der Waals surface area contributed by atoms with Crippen LogP contribution in [-0.4, -0.2) is 25.2 Å². The molecule has 5 rings (SSSR count). The first-order valence-corrected chi connectivity index (χ1v) is 10.5. The van der Waals surface area contributed by atoms with Gasteiger partial charge in [0.1, 0.15) is 17.4 Å². The normalized spacial score (nSPS) is 11.3. The molecular weight excluding hydrogens is 400 g/mol. The first kappa shape index (κ1) is 19.8. The van der Waals surface area contributed by atoms with Crippen LogP contribution in [0.2, 0.25) is 0 Å². The van der Waals surface area contributed by atoms with Crippen molar-refractivity contribution in [3.05, 3.63) is 89.6 Å². The van der Waals surface area contributed by atoms with Gasteiger partial charge in [-0.3, -0.25) is 5.41 Å². The van der Waals surface area contributed by atoms with Gasteiger partial charge >= 0.3 is 0 Å². The summed E-state index contributed by atoms with van der Waals surface area (Å²) in [5, 5.41) is 12.2. The van der Waals surface area contributed by atoms with Crippen LogP contribution < -0.4 is 5.73 Å². The standard InChI is InChI=1S/C25H24N6O/c1-16-14-22(23-4-3-13-32-23)31(29-16)19-10-11-21-20(15-19)28-24(30(21)2)12-7-17-5-8-18(9-6-17)25(26)27/h3-6,8-11,13-15H,7,12H2,1-2H3,(H3,26,27). The molecule has 0 amide bonds. The highest BCUT2D eigenvalue weighted by Crippen LogP contribution is 2.26. The molecule has 5 aromatic rings. The van der Waals surface area contributed by atoms with Gasteiger partial charge in [0.25, 0.3) is 0 Å². The molecule has 3 aromatic heterocycles. The quantitative estimate of drug-likeness (QED) is 0.312. The predicted octanol–water partition coefficient (Wildman–Crippen LogP) is 4.40. The highest BCUT2D eigenvalue weighted by atomic mass is 16.3. The summed E-state index contributed by atoms with van der Waals surface area (Å²) in [7, 11) is 2.05. The number of nitrogens with two attached hydrogens (primary N) is 1. The van der Waals surface area contributed by atoms with E-state index in [1.807, 2.05) is 54.1 Å². The molecule has 0 aliphatic carbocycles. The van der Waals surface area contributed by atoms with E-state index in [-0.39, 0.29) is 5.84 Å². The van der Waals surface area contributed by atoms with Crippen molar-refractivity contribution in [3.8, 4) is 17.1 Å². The summed E-state index contributed by atoms with van der Waals surface area (Å²) in [4.78, 5) is 4.90. The molecule has 160 valence electrons. The van der Waals surface area contributed by atoms with Gasteiger partial charge in [-0.2, -0.15) is 5.10 Å². The van der Waals surface area contributed by atoms with Crippen LogP contribution in [0.5, 0.6) is 0 Å². The van der Waals surface area contributed by atoms with Gasteiger partial charge in [-0.1, -0.05) is 24.3 Å². The van der Waals surface area contributed by atoms with E-state index in [1.54, 1.807) is 6.26 Å². The molecule has 7 heteroatoms. The summed E-state index contributed by atoms with van der Waals surface area (Å²) < 4.78 is 9.65. The Bertz CT molecular complexity index is 1410. The van der Waals surface area contributed by atoms with Crippen LogP contribution in [0.25, 0.3) is 28.2 Å². The molecule has 7 nitrogen and oxygen atoms in total. The number of fused-ring (bicyclic) bond motifs is 1. The van der Waals surface area contributed by atoms with Gasteiger partial charge in [-0.25, -0.2) is 9.67 Å². The molecule has 0 atom stereocenters. The number of hydrogen-bond donors (Lipinski definition) is 2. The second-order valence-corrected chi connectivity index (χ2v) is 7.93. The number of nitrogens with one attached hydrogen (secondary N) is 1. The number of imidazole rings is 1. The second kappa shape index (κ2) is 7.85. The molecule has 0 saturated carbocycles. The Morgan fingerprint density at radius 2 is 1.88 bits per heavy atom. The summed E-state index contributed by atoms with van der Waals surface area (Å²) in [6, 6.07) is 19.9. The SMILES string of the molecule is Cc1cc(-c2ccco2)n(-c2ccc3c(c2)nc(CCc2ccc(C(=N)N)cc2)n3C)n1. The summed E-state index contributed by atoms with van der Waals surface area (Å²) in [5.74, 6) is 1.89. The number of aromatic nitrogens is 4. The molecule has 0 bridgehead atoms. The zero-order valence-corrected chi connectivity index (χ0v) is 18.0. The van der Waals surface area contributed by atoms with Crippen molar-refractivity contribution in [2.75, 3.05) is 0 Å². The largest absolute Gasteiger partial charge is 0.463 e. The van der Waals surface area contributed by atoms with Gasteiger partial charge in [0.15, 0.2) is 5.76 Å². The zero-order valence-electron chi connectivity index (χ0n) is 18.0. The average molecular weight is 425 g/mol. The van der Waals surface area contributed by atoms with E-state index < -0.39 is 0 Å². The minimum absolute atomic E-state index is 0.0882. The molecule has 0 aliphatic heterocycles. The van der Waals surface area contributed by atoms with Crippen LogP contribution in [0.4, 0.5) is 0 Å². The maximum absolute atomic E-state index is 7.52. The first-order valence-electron chi connectivity index (χ1n) is 10.5. The van der Waals surface area contributed by atoms with E-state index in [0.717, 1.165) is 58.1 Å². The van der Waals surface area contributed by atoms with Crippen LogP contribution in [0, 0.1) is 12.3 Å². The van der Waals surface area contributed by atoms with Crippen LogP contribution in [0.3, 0.4) is 0 Å². The predicted molar refractivity (Wildman–Crippen MR) is 125 cm³/mol. The molecule has 0 spiro atoms. The van der Waals surface area contributed by atoms with Crippen LogP contribution >= 0.6 is 0 Å². The average Bonchev–Trinajstić information content (AvgIpc) is 3.52. The first-order chi connectivity index (χ1) is 15.5. The van der Waals surface area contributed by atoms with Crippen molar-refractivity contribution >= 4 is 16.9 Å². The van der Waals surface area contributed by atoms with E-state index in [2.05, 4.69) is 34.9 Å². The minimum Gasteiger partial charge on any atom is -0.463 e. The van der Waals surface area contributed by atoms with Gasteiger partial charge in [-0.15, -0.1) is 0 Å². The highest BCUT2D eigenvalue weighted by Gasteiger charge is 2.14. The van der Waals surface area contributed by atoms with Gasteiger partial charge in [0, 0.05) is 19.0 Å². The fraction of sp³-hybridized carbons (Fsp3) is 0.160. The van der Waals surface area contributed by atoms with Crippen LogP contribution in [0.15, 0.2) is 71.3 Å². The van der Waals surface area contributed by atoms with E-state index in [4.69, 9.17) is 20.5 Å². The van der Waals surface area contributed by atoms with E-state index in [1.165, 1.54) is 5.56 Å². The fourth-order valence-electron chi connectivity index (χ4n) is 4.00. The summed E-state index contributed by atoms with van der Waals surface area (Å²) in [6.07, 6.45) is 3.35. The maximum Gasteiger partial charge on any atom is 0.152 e. The number of hydrogen-bond acceptors (Lipinski definition) is 4. The monoisotopic (exact) mass is 424 g/mol. The lowest BCUT2D eigenvalue weighted by Gasteiger charge is -2.06. The Hall–Kier alpha value is -4.13. The molecule has 3 heterocycles. The molecule has 0 radical (unpaired) electrons. The Labute approximate surface area is 185 Å². The van der Waals surface area contributed by atoms with Crippen molar-refractivity contribution in [1.29, 1.82) is 5.41 Å². The lowest BCUT2D eigenvalue weighted by atomic mass is 10.1. The molecular formula is C25H24N6O. The lowest BCUT2D eigenvalue weighted by Crippen LogP contribution is -2.10. The second-order valence-electron chi connectivity index (χ2n) is 7.93. The van der Waals surface area contributed by atoms with Crippen molar-refractivity contribution in [1.82, 2.24) is 19.3 Å². The highest BCUT2D eigenvalue weighted by molar-refractivity contribution is 5.94. The number of amidine groups is 1. The molecule has 2 aromatic carbocycles. The van der Waals surface area contributed by atoms with Crippen molar-refractivity contribution in [2.24, 2.45) is 12.8 Å². The number of rotatable bonds is 6. The Morgan fingerprint density at radius 3 is 2.59 bits per heavy atom. The number of nitrogen functional groups attached to an aromatic ring is 1. The third-order valence-electron chi connectivity index (χ3n) is 5.71. The molecule has 0 saturated heterocycles.